The molecule has 0 bridgehead atoms. The highest BCUT2D eigenvalue weighted by atomic mass is 16.6. The Balaban J connectivity index is 2.66. The van der Waals surface area contributed by atoms with E-state index in [2.05, 4.69) is 0 Å². The molecule has 0 unspecified atom stereocenters. The third kappa shape index (κ3) is 4.53. The van der Waals surface area contributed by atoms with Gasteiger partial charge in [0.2, 0.25) is 0 Å². The molecule has 0 spiro atoms. The summed E-state index contributed by atoms with van der Waals surface area (Å²) in [4.78, 5) is 24.0. The van der Waals surface area contributed by atoms with Crippen molar-refractivity contribution in [2.45, 2.75) is 26.7 Å². The van der Waals surface area contributed by atoms with Crippen molar-refractivity contribution in [3.05, 3.63) is 34.4 Å². The van der Waals surface area contributed by atoms with Crippen LogP contribution < -0.4 is 4.74 Å². The van der Waals surface area contributed by atoms with E-state index >= 15 is 0 Å². The number of ether oxygens (including phenoxy) is 1. The smallest absolute Gasteiger partial charge is 0.310 e. The van der Waals surface area contributed by atoms with Gasteiger partial charge in [0.15, 0.2) is 12.4 Å². The third-order valence-corrected chi connectivity index (χ3v) is 2.75. The summed E-state index contributed by atoms with van der Waals surface area (Å²) in [6.45, 7) is 5.17. The zero-order chi connectivity index (χ0) is 15.0. The average Bonchev–Trinajstić information content (AvgIpc) is 2.44. The zero-order valence-electron chi connectivity index (χ0n) is 11.9. The van der Waals surface area contributed by atoms with Crippen molar-refractivity contribution in [1.82, 2.24) is 4.90 Å². The highest BCUT2D eigenvalue weighted by Crippen LogP contribution is 2.25. The maximum absolute atomic E-state index is 12.0. The number of hydrogen-bond donors (Lipinski definition) is 0. The van der Waals surface area contributed by atoms with Crippen molar-refractivity contribution in [3.8, 4) is 5.75 Å². The molecule has 6 nitrogen and oxygen atoms in total. The summed E-state index contributed by atoms with van der Waals surface area (Å²) in [5, 5.41) is 10.8. The van der Waals surface area contributed by atoms with Crippen LogP contribution in [0.5, 0.6) is 5.75 Å². The first-order valence-corrected chi connectivity index (χ1v) is 6.74. The highest BCUT2D eigenvalue weighted by molar-refractivity contribution is 5.77. The fourth-order valence-electron chi connectivity index (χ4n) is 1.86. The van der Waals surface area contributed by atoms with Gasteiger partial charge in [-0.15, -0.1) is 0 Å². The molecule has 0 radical (unpaired) electrons. The number of nitro groups is 1. The van der Waals surface area contributed by atoms with Gasteiger partial charge in [-0.2, -0.15) is 0 Å². The van der Waals surface area contributed by atoms with Crippen molar-refractivity contribution < 1.29 is 14.5 Å². The van der Waals surface area contributed by atoms with Crippen LogP contribution in [0, 0.1) is 10.1 Å². The van der Waals surface area contributed by atoms with Gasteiger partial charge >= 0.3 is 5.69 Å². The summed E-state index contributed by atoms with van der Waals surface area (Å²) >= 11 is 0. The minimum Gasteiger partial charge on any atom is -0.477 e. The lowest BCUT2D eigenvalue weighted by atomic mass is 10.3. The second-order valence-corrected chi connectivity index (χ2v) is 4.39. The average molecular weight is 280 g/mol. The third-order valence-electron chi connectivity index (χ3n) is 2.75. The van der Waals surface area contributed by atoms with Gasteiger partial charge in [0.05, 0.1) is 4.92 Å². The Bertz CT molecular complexity index is 456. The first-order chi connectivity index (χ1) is 9.60. The Hall–Kier alpha value is -2.11. The second kappa shape index (κ2) is 8.14. The maximum Gasteiger partial charge on any atom is 0.310 e. The topological polar surface area (TPSA) is 72.7 Å². The quantitative estimate of drug-likeness (QED) is 0.542. The summed E-state index contributed by atoms with van der Waals surface area (Å²) in [6.07, 6.45) is 1.74. The molecule has 0 atom stereocenters. The van der Waals surface area contributed by atoms with Crippen LogP contribution in [0.3, 0.4) is 0 Å². The SMILES string of the molecule is CCCN(CCC)C(=O)COc1ccccc1[N+](=O)[O-]. The van der Waals surface area contributed by atoms with E-state index in [9.17, 15) is 14.9 Å². The summed E-state index contributed by atoms with van der Waals surface area (Å²) in [5.74, 6) is -0.0225. The van der Waals surface area contributed by atoms with Crippen LogP contribution in [-0.2, 0) is 4.79 Å². The normalized spacial score (nSPS) is 10.1. The number of benzene rings is 1. The van der Waals surface area contributed by atoms with Gasteiger partial charge in [-0.25, -0.2) is 0 Å². The number of hydrogen-bond acceptors (Lipinski definition) is 4. The standard InChI is InChI=1S/C14H20N2O4/c1-3-9-15(10-4-2)14(17)11-20-13-8-6-5-7-12(13)16(18)19/h5-8H,3-4,9-11H2,1-2H3. The number of para-hydroxylation sites is 2. The summed E-state index contributed by atoms with van der Waals surface area (Å²) < 4.78 is 5.30. The van der Waals surface area contributed by atoms with Crippen LogP contribution in [-0.4, -0.2) is 35.4 Å². The fourth-order valence-corrected chi connectivity index (χ4v) is 1.86. The van der Waals surface area contributed by atoms with Crippen molar-refractivity contribution >= 4 is 11.6 Å². The van der Waals surface area contributed by atoms with Crippen LogP contribution in [0.4, 0.5) is 5.69 Å². The number of nitrogens with zero attached hydrogens (tertiary/aromatic N) is 2. The molecule has 0 aromatic heterocycles. The first kappa shape index (κ1) is 15.9. The molecular weight excluding hydrogens is 260 g/mol. The lowest BCUT2D eigenvalue weighted by Crippen LogP contribution is -2.36. The molecule has 0 N–H and O–H groups in total. The molecule has 0 fully saturated rings. The van der Waals surface area contributed by atoms with Crippen molar-refractivity contribution in [2.24, 2.45) is 0 Å². The van der Waals surface area contributed by atoms with E-state index < -0.39 is 4.92 Å². The molecule has 0 heterocycles. The van der Waals surface area contributed by atoms with Crippen LogP contribution in [0.1, 0.15) is 26.7 Å². The monoisotopic (exact) mass is 280 g/mol. The van der Waals surface area contributed by atoms with Crippen LogP contribution in [0.25, 0.3) is 0 Å². The number of carbonyl (C=O) groups is 1. The minimum absolute atomic E-state index is 0.124. The molecule has 0 saturated carbocycles. The van der Waals surface area contributed by atoms with Gasteiger partial charge in [-0.05, 0) is 18.9 Å². The molecule has 1 rings (SSSR count). The van der Waals surface area contributed by atoms with Crippen molar-refractivity contribution in [2.75, 3.05) is 19.7 Å². The number of rotatable bonds is 8. The summed E-state index contributed by atoms with van der Waals surface area (Å²) in [6, 6.07) is 6.06. The van der Waals surface area contributed by atoms with Gasteiger partial charge in [-0.3, -0.25) is 14.9 Å². The van der Waals surface area contributed by atoms with Gasteiger partial charge in [0.25, 0.3) is 5.91 Å². The molecule has 1 amide bonds. The largest absolute Gasteiger partial charge is 0.477 e. The van der Waals surface area contributed by atoms with E-state index in [-0.39, 0.29) is 24.0 Å². The number of nitro benzene ring substituents is 1. The van der Waals surface area contributed by atoms with Gasteiger partial charge < -0.3 is 9.64 Å². The molecule has 0 aliphatic heterocycles. The van der Waals surface area contributed by atoms with Crippen molar-refractivity contribution in [3.63, 3.8) is 0 Å². The Labute approximate surface area is 118 Å². The van der Waals surface area contributed by atoms with E-state index in [4.69, 9.17) is 4.74 Å². The molecule has 1 aromatic carbocycles. The van der Waals surface area contributed by atoms with E-state index in [0.29, 0.717) is 13.1 Å². The van der Waals surface area contributed by atoms with Crippen LogP contribution in [0.15, 0.2) is 24.3 Å². The van der Waals surface area contributed by atoms with Crippen molar-refractivity contribution in [1.29, 1.82) is 0 Å². The molecular formula is C14H20N2O4. The van der Waals surface area contributed by atoms with E-state index in [1.165, 1.54) is 12.1 Å². The summed E-state index contributed by atoms with van der Waals surface area (Å²) in [7, 11) is 0. The van der Waals surface area contributed by atoms with Crippen LogP contribution in [0.2, 0.25) is 0 Å². The molecule has 1 aromatic rings. The lowest BCUT2D eigenvalue weighted by molar-refractivity contribution is -0.385. The number of amides is 1. The van der Waals surface area contributed by atoms with E-state index in [1.54, 1.807) is 17.0 Å². The molecule has 110 valence electrons. The van der Waals surface area contributed by atoms with Gasteiger partial charge in [0, 0.05) is 19.2 Å². The Morgan fingerprint density at radius 2 is 1.85 bits per heavy atom. The predicted octanol–water partition coefficient (Wildman–Crippen LogP) is 2.62. The molecule has 6 heteroatoms. The fraction of sp³-hybridized carbons (Fsp3) is 0.500. The molecule has 0 saturated heterocycles. The Kier molecular flexibility index (Phi) is 6.49. The second-order valence-electron chi connectivity index (χ2n) is 4.39. The number of carbonyl (C=O) groups excluding carboxylic acids is 1. The molecule has 0 aliphatic rings. The highest BCUT2D eigenvalue weighted by Gasteiger charge is 2.17. The van der Waals surface area contributed by atoms with E-state index in [1.807, 2.05) is 13.8 Å². The maximum atomic E-state index is 12.0. The van der Waals surface area contributed by atoms with E-state index in [0.717, 1.165) is 12.8 Å². The lowest BCUT2D eigenvalue weighted by Gasteiger charge is -2.21. The molecule has 20 heavy (non-hydrogen) atoms. The predicted molar refractivity (Wildman–Crippen MR) is 75.8 cm³/mol. The first-order valence-electron chi connectivity index (χ1n) is 6.74. The Morgan fingerprint density at radius 1 is 1.25 bits per heavy atom. The minimum atomic E-state index is -0.518. The zero-order valence-corrected chi connectivity index (χ0v) is 11.9. The van der Waals surface area contributed by atoms with Crippen LogP contribution >= 0.6 is 0 Å². The van der Waals surface area contributed by atoms with Gasteiger partial charge in [0.1, 0.15) is 0 Å². The Morgan fingerprint density at radius 3 is 2.40 bits per heavy atom. The van der Waals surface area contributed by atoms with Gasteiger partial charge in [-0.1, -0.05) is 26.0 Å². The molecule has 0 aliphatic carbocycles. The summed E-state index contributed by atoms with van der Waals surface area (Å²) in [5.41, 5.74) is -0.127.